The standard InChI is InChI=1S/C14H18N2O3S/c1-2-16(7-6-12(15)20)14(17)10-4-3-5-11-13(10)19-9-8-18-11/h3-5H,2,6-9H2,1H3,(H2,15,20). The first kappa shape index (κ1) is 14.6. The molecule has 0 unspecified atom stereocenters. The molecule has 2 N–H and O–H groups in total. The van der Waals surface area contributed by atoms with Gasteiger partial charge in [-0.2, -0.15) is 0 Å². The number of thiocarbonyl (C=S) groups is 1. The molecule has 6 heteroatoms. The number of carbonyl (C=O) groups excluding carboxylic acids is 1. The first-order valence-corrected chi connectivity index (χ1v) is 7.00. The van der Waals surface area contributed by atoms with Gasteiger partial charge in [0.25, 0.3) is 5.91 Å². The summed E-state index contributed by atoms with van der Waals surface area (Å²) in [5, 5.41) is 0. The maximum atomic E-state index is 12.6. The molecule has 20 heavy (non-hydrogen) atoms. The summed E-state index contributed by atoms with van der Waals surface area (Å²) in [6, 6.07) is 5.35. The molecule has 5 nitrogen and oxygen atoms in total. The van der Waals surface area contributed by atoms with E-state index in [-0.39, 0.29) is 5.91 Å². The van der Waals surface area contributed by atoms with Crippen LogP contribution >= 0.6 is 12.2 Å². The molecule has 0 bridgehead atoms. The van der Waals surface area contributed by atoms with Crippen molar-refractivity contribution in [1.82, 2.24) is 4.90 Å². The van der Waals surface area contributed by atoms with Crippen molar-refractivity contribution >= 4 is 23.1 Å². The molecular formula is C14H18N2O3S. The summed E-state index contributed by atoms with van der Waals surface area (Å²) in [4.78, 5) is 14.7. The average Bonchev–Trinajstić information content (AvgIpc) is 2.46. The summed E-state index contributed by atoms with van der Waals surface area (Å²) >= 11 is 4.86. The minimum absolute atomic E-state index is 0.0916. The van der Waals surface area contributed by atoms with Crippen molar-refractivity contribution < 1.29 is 14.3 Å². The van der Waals surface area contributed by atoms with Crippen LogP contribution < -0.4 is 15.2 Å². The lowest BCUT2D eigenvalue weighted by Crippen LogP contribution is -2.34. The number of fused-ring (bicyclic) bond motifs is 1. The smallest absolute Gasteiger partial charge is 0.257 e. The minimum Gasteiger partial charge on any atom is -0.486 e. The maximum Gasteiger partial charge on any atom is 0.257 e. The molecule has 0 aromatic heterocycles. The molecular weight excluding hydrogens is 276 g/mol. The van der Waals surface area contributed by atoms with Crippen molar-refractivity contribution in [3.05, 3.63) is 23.8 Å². The number of amides is 1. The summed E-state index contributed by atoms with van der Waals surface area (Å²) in [5.41, 5.74) is 6.01. The summed E-state index contributed by atoms with van der Waals surface area (Å²) < 4.78 is 11.1. The van der Waals surface area contributed by atoms with Gasteiger partial charge in [0.05, 0.1) is 10.6 Å². The van der Waals surface area contributed by atoms with Crippen LogP contribution in [0.3, 0.4) is 0 Å². The largest absolute Gasteiger partial charge is 0.486 e. The molecule has 1 aromatic rings. The zero-order chi connectivity index (χ0) is 14.5. The van der Waals surface area contributed by atoms with Gasteiger partial charge in [0.15, 0.2) is 11.5 Å². The van der Waals surface area contributed by atoms with Gasteiger partial charge in [0, 0.05) is 19.5 Å². The zero-order valence-corrected chi connectivity index (χ0v) is 12.2. The van der Waals surface area contributed by atoms with Crippen molar-refractivity contribution in [3.8, 4) is 11.5 Å². The fourth-order valence-electron chi connectivity index (χ4n) is 2.06. The molecule has 2 rings (SSSR count). The Balaban J connectivity index is 2.21. The lowest BCUT2D eigenvalue weighted by molar-refractivity contribution is 0.0758. The lowest BCUT2D eigenvalue weighted by Gasteiger charge is -2.25. The van der Waals surface area contributed by atoms with E-state index >= 15 is 0 Å². The molecule has 1 amide bonds. The predicted molar refractivity (Wildman–Crippen MR) is 80.4 cm³/mol. The SMILES string of the molecule is CCN(CCC(N)=S)C(=O)c1cccc2c1OCCO2. The van der Waals surface area contributed by atoms with Crippen molar-refractivity contribution in [2.75, 3.05) is 26.3 Å². The third-order valence-electron chi connectivity index (χ3n) is 3.09. The highest BCUT2D eigenvalue weighted by molar-refractivity contribution is 7.80. The Morgan fingerprint density at radius 2 is 2.15 bits per heavy atom. The molecule has 0 spiro atoms. The first-order valence-electron chi connectivity index (χ1n) is 6.59. The van der Waals surface area contributed by atoms with Gasteiger partial charge >= 0.3 is 0 Å². The van der Waals surface area contributed by atoms with Crippen molar-refractivity contribution in [3.63, 3.8) is 0 Å². The molecule has 1 heterocycles. The molecule has 0 saturated heterocycles. The van der Waals surface area contributed by atoms with Crippen LogP contribution in [0.4, 0.5) is 0 Å². The Bertz CT molecular complexity index is 519. The highest BCUT2D eigenvalue weighted by Gasteiger charge is 2.23. The number of nitrogens with two attached hydrogens (primary N) is 1. The molecule has 0 radical (unpaired) electrons. The second-order valence-corrected chi connectivity index (χ2v) is 4.96. The fraction of sp³-hybridized carbons (Fsp3) is 0.429. The van der Waals surface area contributed by atoms with Gasteiger partial charge in [0.1, 0.15) is 13.2 Å². The van der Waals surface area contributed by atoms with E-state index in [2.05, 4.69) is 0 Å². The second kappa shape index (κ2) is 6.56. The second-order valence-electron chi connectivity index (χ2n) is 4.43. The average molecular weight is 294 g/mol. The third kappa shape index (κ3) is 3.19. The Labute approximate surface area is 123 Å². The van der Waals surface area contributed by atoms with Gasteiger partial charge in [-0.3, -0.25) is 4.79 Å². The van der Waals surface area contributed by atoms with E-state index in [1.165, 1.54) is 0 Å². The van der Waals surface area contributed by atoms with E-state index in [1.807, 2.05) is 6.92 Å². The topological polar surface area (TPSA) is 64.8 Å². The molecule has 0 atom stereocenters. The number of carbonyl (C=O) groups is 1. The number of ether oxygens (including phenoxy) is 2. The molecule has 0 fully saturated rings. The van der Waals surface area contributed by atoms with E-state index in [9.17, 15) is 4.79 Å². The fourth-order valence-corrected chi connectivity index (χ4v) is 2.15. The monoisotopic (exact) mass is 294 g/mol. The predicted octanol–water partition coefficient (Wildman–Crippen LogP) is 1.60. The minimum atomic E-state index is -0.0916. The Morgan fingerprint density at radius 1 is 1.40 bits per heavy atom. The molecule has 1 aliphatic heterocycles. The van der Waals surface area contributed by atoms with E-state index in [1.54, 1.807) is 23.1 Å². The zero-order valence-electron chi connectivity index (χ0n) is 11.4. The summed E-state index contributed by atoms with van der Waals surface area (Å²) in [7, 11) is 0. The molecule has 0 aliphatic carbocycles. The normalized spacial score (nSPS) is 12.8. The van der Waals surface area contributed by atoms with Crippen molar-refractivity contribution in [1.29, 1.82) is 0 Å². The summed E-state index contributed by atoms with van der Waals surface area (Å²) in [6.07, 6.45) is 0.515. The maximum absolute atomic E-state index is 12.6. The van der Waals surface area contributed by atoms with Crippen LogP contribution in [0.1, 0.15) is 23.7 Å². The Morgan fingerprint density at radius 3 is 2.85 bits per heavy atom. The highest BCUT2D eigenvalue weighted by atomic mass is 32.1. The molecule has 1 aliphatic rings. The van der Waals surface area contributed by atoms with Gasteiger partial charge in [-0.05, 0) is 19.1 Å². The van der Waals surface area contributed by atoms with Gasteiger partial charge in [-0.25, -0.2) is 0 Å². The lowest BCUT2D eigenvalue weighted by atomic mass is 10.1. The number of benzene rings is 1. The van der Waals surface area contributed by atoms with Crippen LogP contribution in [-0.2, 0) is 0 Å². The summed E-state index contributed by atoms with van der Waals surface area (Å²) in [5.74, 6) is 1.05. The van der Waals surface area contributed by atoms with Crippen LogP contribution in [0.25, 0.3) is 0 Å². The van der Waals surface area contributed by atoms with Gasteiger partial charge < -0.3 is 20.1 Å². The quantitative estimate of drug-likeness (QED) is 0.836. The highest BCUT2D eigenvalue weighted by Crippen LogP contribution is 2.34. The van der Waals surface area contributed by atoms with Crippen LogP contribution in [0.5, 0.6) is 11.5 Å². The third-order valence-corrected chi connectivity index (χ3v) is 3.30. The van der Waals surface area contributed by atoms with Crippen LogP contribution in [0.2, 0.25) is 0 Å². The van der Waals surface area contributed by atoms with Gasteiger partial charge in [-0.1, -0.05) is 18.3 Å². The van der Waals surface area contributed by atoms with Gasteiger partial charge in [-0.15, -0.1) is 0 Å². The Hall–Kier alpha value is -1.82. The van der Waals surface area contributed by atoms with E-state index < -0.39 is 0 Å². The Kier molecular flexibility index (Phi) is 4.79. The molecule has 1 aromatic carbocycles. The van der Waals surface area contributed by atoms with Crippen LogP contribution in [0.15, 0.2) is 18.2 Å². The van der Waals surface area contributed by atoms with Crippen molar-refractivity contribution in [2.24, 2.45) is 5.73 Å². The molecule has 0 saturated carbocycles. The summed E-state index contributed by atoms with van der Waals surface area (Å²) in [6.45, 7) is 3.98. The first-order chi connectivity index (χ1) is 9.63. The van der Waals surface area contributed by atoms with E-state index in [0.29, 0.717) is 54.8 Å². The van der Waals surface area contributed by atoms with Gasteiger partial charge in [0.2, 0.25) is 0 Å². The van der Waals surface area contributed by atoms with E-state index in [4.69, 9.17) is 27.4 Å². The van der Waals surface area contributed by atoms with E-state index in [0.717, 1.165) is 0 Å². The number of rotatable bonds is 5. The van der Waals surface area contributed by atoms with Crippen LogP contribution in [-0.4, -0.2) is 42.1 Å². The number of hydrogen-bond acceptors (Lipinski definition) is 4. The number of hydrogen-bond donors (Lipinski definition) is 1. The number of nitrogens with zero attached hydrogens (tertiary/aromatic N) is 1. The van der Waals surface area contributed by atoms with Crippen molar-refractivity contribution in [2.45, 2.75) is 13.3 Å². The molecule has 108 valence electrons. The number of para-hydroxylation sites is 1. The van der Waals surface area contributed by atoms with Crippen LogP contribution in [0, 0.1) is 0 Å².